The summed E-state index contributed by atoms with van der Waals surface area (Å²) < 4.78 is 11.8. The third-order valence-corrected chi connectivity index (χ3v) is 5.74. The number of ether oxygens (including phenoxy) is 1. The van der Waals surface area contributed by atoms with Crippen molar-refractivity contribution in [2.24, 2.45) is 10.7 Å². The Hall–Kier alpha value is -1.93. The average Bonchev–Trinajstić information content (AvgIpc) is 3.20. The fourth-order valence-corrected chi connectivity index (χ4v) is 4.25. The van der Waals surface area contributed by atoms with Gasteiger partial charge in [0.1, 0.15) is 9.96 Å². The molecule has 6 nitrogen and oxygen atoms in total. The lowest BCUT2D eigenvalue weighted by molar-refractivity contribution is -0.125. The van der Waals surface area contributed by atoms with E-state index in [1.165, 1.54) is 6.92 Å². The summed E-state index contributed by atoms with van der Waals surface area (Å²) in [4.78, 5) is 27.9. The Bertz CT molecular complexity index is 816. The first-order valence-electron chi connectivity index (χ1n) is 7.37. The van der Waals surface area contributed by atoms with Gasteiger partial charge in [0.05, 0.1) is 6.54 Å². The topological polar surface area (TPSA) is 94.9 Å². The number of amides is 1. The molecule has 0 bridgehead atoms. The van der Waals surface area contributed by atoms with Crippen LogP contribution < -0.4 is 5.73 Å². The first kappa shape index (κ1) is 16.9. The number of nitrogens with zero attached hydrogens (tertiary/aromatic N) is 1. The van der Waals surface area contributed by atoms with Crippen molar-refractivity contribution in [1.29, 1.82) is 0 Å². The molecule has 0 aliphatic carbocycles. The molecular weight excluding hydrogens is 348 g/mol. The molecule has 2 heterocycles. The summed E-state index contributed by atoms with van der Waals surface area (Å²) in [5, 5.41) is 0.854. The van der Waals surface area contributed by atoms with E-state index < -0.39 is 18.0 Å². The second kappa shape index (κ2) is 7.31. The Morgan fingerprint density at radius 2 is 2.25 bits per heavy atom. The molecule has 0 saturated heterocycles. The highest BCUT2D eigenvalue weighted by Crippen LogP contribution is 2.33. The van der Waals surface area contributed by atoms with E-state index in [4.69, 9.17) is 14.9 Å². The summed E-state index contributed by atoms with van der Waals surface area (Å²) in [6.45, 7) is 2.26. The minimum Gasteiger partial charge on any atom is -0.449 e. The summed E-state index contributed by atoms with van der Waals surface area (Å²) in [5.41, 5.74) is 6.49. The third kappa shape index (κ3) is 3.59. The van der Waals surface area contributed by atoms with Gasteiger partial charge in [-0.15, -0.1) is 0 Å². The predicted octanol–water partition coefficient (Wildman–Crippen LogP) is 2.80. The standard InChI is InChI=1S/C16H16N2O4S2/c1-9(14(17)19)21-15(20)13-11(8-24-16-18-6-7-23-16)10-4-2-3-5-12(10)22-13/h2-5,9H,6-8H2,1H3,(H2,17,19)/t9-/m1/s1. The maximum atomic E-state index is 12.4. The highest BCUT2D eigenvalue weighted by atomic mass is 32.2. The number of thioether (sulfide) groups is 2. The fraction of sp³-hybridized carbons (Fsp3) is 0.312. The highest BCUT2D eigenvalue weighted by Gasteiger charge is 2.25. The second-order valence-corrected chi connectivity index (χ2v) is 7.45. The van der Waals surface area contributed by atoms with Gasteiger partial charge in [-0.1, -0.05) is 41.7 Å². The van der Waals surface area contributed by atoms with Gasteiger partial charge in [-0.05, 0) is 13.0 Å². The summed E-state index contributed by atoms with van der Waals surface area (Å²) in [7, 11) is 0. The minimum absolute atomic E-state index is 0.111. The fourth-order valence-electron chi connectivity index (χ4n) is 2.22. The van der Waals surface area contributed by atoms with Gasteiger partial charge in [0.2, 0.25) is 5.76 Å². The smallest absolute Gasteiger partial charge is 0.375 e. The number of esters is 1. The molecule has 1 aliphatic heterocycles. The molecule has 1 aromatic heterocycles. The molecule has 126 valence electrons. The van der Waals surface area contributed by atoms with Crippen molar-refractivity contribution in [3.8, 4) is 0 Å². The number of furan rings is 1. The zero-order chi connectivity index (χ0) is 17.1. The largest absolute Gasteiger partial charge is 0.449 e. The molecule has 0 fully saturated rings. The quantitative estimate of drug-likeness (QED) is 0.820. The molecule has 8 heteroatoms. The average molecular weight is 364 g/mol. The molecule has 1 amide bonds. The van der Waals surface area contributed by atoms with Crippen molar-refractivity contribution < 1.29 is 18.7 Å². The van der Waals surface area contributed by atoms with Crippen molar-refractivity contribution in [2.45, 2.75) is 18.8 Å². The Labute approximate surface area is 147 Å². The van der Waals surface area contributed by atoms with E-state index in [0.29, 0.717) is 11.3 Å². The normalized spacial score (nSPS) is 15.3. The van der Waals surface area contributed by atoms with Crippen LogP contribution in [0.1, 0.15) is 23.0 Å². The molecule has 2 aromatic rings. The lowest BCUT2D eigenvalue weighted by Gasteiger charge is -2.09. The Kier molecular flexibility index (Phi) is 5.15. The molecular formula is C16H16N2O4S2. The first-order valence-corrected chi connectivity index (χ1v) is 9.34. The summed E-state index contributed by atoms with van der Waals surface area (Å²) in [6.07, 6.45) is -1.01. The van der Waals surface area contributed by atoms with E-state index >= 15 is 0 Å². The molecule has 3 rings (SSSR count). The van der Waals surface area contributed by atoms with Crippen molar-refractivity contribution >= 4 is 50.7 Å². The minimum atomic E-state index is -1.01. The van der Waals surface area contributed by atoms with E-state index in [2.05, 4.69) is 4.99 Å². The van der Waals surface area contributed by atoms with Crippen molar-refractivity contribution in [2.75, 3.05) is 12.3 Å². The monoisotopic (exact) mass is 364 g/mol. The van der Waals surface area contributed by atoms with Crippen LogP contribution in [0, 0.1) is 0 Å². The van der Waals surface area contributed by atoms with Crippen LogP contribution in [-0.4, -0.2) is 34.7 Å². The van der Waals surface area contributed by atoms with Crippen LogP contribution in [0.5, 0.6) is 0 Å². The van der Waals surface area contributed by atoms with Crippen molar-refractivity contribution in [3.63, 3.8) is 0 Å². The van der Waals surface area contributed by atoms with E-state index in [1.807, 2.05) is 18.2 Å². The van der Waals surface area contributed by atoms with E-state index in [9.17, 15) is 9.59 Å². The van der Waals surface area contributed by atoms with Gasteiger partial charge in [-0.25, -0.2) is 4.79 Å². The van der Waals surface area contributed by atoms with E-state index in [1.54, 1.807) is 29.6 Å². The molecule has 0 spiro atoms. The zero-order valence-electron chi connectivity index (χ0n) is 13.0. The summed E-state index contributed by atoms with van der Waals surface area (Å²) in [6, 6.07) is 7.40. The van der Waals surface area contributed by atoms with E-state index in [-0.39, 0.29) is 5.76 Å². The van der Waals surface area contributed by atoms with Gasteiger partial charge in [0.25, 0.3) is 5.91 Å². The number of carbonyl (C=O) groups excluding carboxylic acids is 2. The van der Waals surface area contributed by atoms with Crippen LogP contribution in [0.4, 0.5) is 0 Å². The van der Waals surface area contributed by atoms with Gasteiger partial charge in [0, 0.05) is 22.5 Å². The van der Waals surface area contributed by atoms with Crippen LogP contribution in [0.15, 0.2) is 33.7 Å². The Balaban J connectivity index is 1.89. The molecule has 1 aromatic carbocycles. The number of hydrogen-bond acceptors (Lipinski definition) is 7. The second-order valence-electron chi connectivity index (χ2n) is 5.14. The number of primary amides is 1. The van der Waals surface area contributed by atoms with Crippen molar-refractivity contribution in [1.82, 2.24) is 0 Å². The van der Waals surface area contributed by atoms with Crippen LogP contribution in [-0.2, 0) is 15.3 Å². The van der Waals surface area contributed by atoms with Gasteiger partial charge < -0.3 is 14.9 Å². The lowest BCUT2D eigenvalue weighted by atomic mass is 10.1. The number of hydrogen-bond donors (Lipinski definition) is 1. The number of aliphatic imine (C=N–C) groups is 1. The molecule has 24 heavy (non-hydrogen) atoms. The molecule has 0 radical (unpaired) electrons. The molecule has 0 unspecified atom stereocenters. The van der Waals surface area contributed by atoms with Gasteiger partial charge >= 0.3 is 5.97 Å². The molecule has 1 aliphatic rings. The maximum absolute atomic E-state index is 12.4. The van der Waals surface area contributed by atoms with Crippen LogP contribution in [0.25, 0.3) is 11.0 Å². The number of carbonyl (C=O) groups is 2. The van der Waals surface area contributed by atoms with Crippen LogP contribution >= 0.6 is 23.5 Å². The molecule has 2 N–H and O–H groups in total. The number of nitrogens with two attached hydrogens (primary N) is 1. The highest BCUT2D eigenvalue weighted by molar-refractivity contribution is 8.38. The maximum Gasteiger partial charge on any atom is 0.375 e. The van der Waals surface area contributed by atoms with Crippen LogP contribution in [0.2, 0.25) is 0 Å². The predicted molar refractivity (Wildman–Crippen MR) is 96.3 cm³/mol. The SMILES string of the molecule is C[C@@H](OC(=O)c1oc2ccccc2c1CSC1=NCCS1)C(N)=O. The zero-order valence-corrected chi connectivity index (χ0v) is 14.6. The Morgan fingerprint density at radius 3 is 2.96 bits per heavy atom. The van der Waals surface area contributed by atoms with Gasteiger partial charge in [-0.3, -0.25) is 9.79 Å². The number of fused-ring (bicyclic) bond motifs is 1. The van der Waals surface area contributed by atoms with Gasteiger partial charge in [-0.2, -0.15) is 0 Å². The van der Waals surface area contributed by atoms with E-state index in [0.717, 1.165) is 27.6 Å². The van der Waals surface area contributed by atoms with Crippen LogP contribution in [0.3, 0.4) is 0 Å². The van der Waals surface area contributed by atoms with Crippen molar-refractivity contribution in [3.05, 3.63) is 35.6 Å². The van der Waals surface area contributed by atoms with Gasteiger partial charge in [0.15, 0.2) is 6.10 Å². The third-order valence-electron chi connectivity index (χ3n) is 3.47. The summed E-state index contributed by atoms with van der Waals surface area (Å²) in [5.74, 6) is 0.249. The lowest BCUT2D eigenvalue weighted by Crippen LogP contribution is -2.30. The number of para-hydroxylation sites is 1. The molecule has 1 atom stereocenters. The molecule has 0 saturated carbocycles. The number of benzene rings is 1. The Morgan fingerprint density at radius 1 is 1.46 bits per heavy atom. The first-order chi connectivity index (χ1) is 11.6. The summed E-state index contributed by atoms with van der Waals surface area (Å²) >= 11 is 3.27. The number of rotatable bonds is 5.